The van der Waals surface area contributed by atoms with Gasteiger partial charge in [0.1, 0.15) is 15.3 Å². The summed E-state index contributed by atoms with van der Waals surface area (Å²) < 4.78 is 40.6. The van der Waals surface area contributed by atoms with E-state index in [0.29, 0.717) is 29.9 Å². The topological polar surface area (TPSA) is 90.2 Å². The lowest BCUT2D eigenvalue weighted by atomic mass is 9.96. The number of amides is 1. The fourth-order valence-electron chi connectivity index (χ4n) is 3.99. The van der Waals surface area contributed by atoms with E-state index in [4.69, 9.17) is 6.42 Å². The number of hydrogen-bond acceptors (Lipinski definition) is 6. The van der Waals surface area contributed by atoms with E-state index in [0.717, 1.165) is 16.9 Å². The first-order valence-electron chi connectivity index (χ1n) is 11.4. The van der Waals surface area contributed by atoms with Crippen LogP contribution < -0.4 is 25.4 Å². The van der Waals surface area contributed by atoms with E-state index in [1.54, 1.807) is 6.92 Å². The van der Waals surface area contributed by atoms with Gasteiger partial charge < -0.3 is 10.6 Å². The molecule has 0 saturated carbocycles. The monoisotopic (exact) mass is 517 g/mol. The van der Waals surface area contributed by atoms with E-state index in [2.05, 4.69) is 16.6 Å². The summed E-state index contributed by atoms with van der Waals surface area (Å²) in [7, 11) is 0. The van der Waals surface area contributed by atoms with E-state index in [1.165, 1.54) is 10.8 Å². The third kappa shape index (κ3) is 6.56. The summed E-state index contributed by atoms with van der Waals surface area (Å²) in [6.07, 6.45) is 2.73. The number of carbonyl (C=O) groups is 1. The molecule has 0 unspecified atom stereocenters. The van der Waals surface area contributed by atoms with E-state index >= 15 is 0 Å². The normalized spacial score (nSPS) is 16.2. The van der Waals surface area contributed by atoms with Crippen molar-refractivity contribution in [1.82, 2.24) is 14.8 Å². The third-order valence-corrected chi connectivity index (χ3v) is 7.01. The van der Waals surface area contributed by atoms with Crippen molar-refractivity contribution in [3.63, 3.8) is 0 Å². The van der Waals surface area contributed by atoms with Crippen LogP contribution in [0.4, 0.5) is 18.9 Å². The second kappa shape index (κ2) is 11.9. The van der Waals surface area contributed by atoms with E-state index in [9.17, 15) is 28.0 Å². The SMILES string of the molecule is C#CCNC(=O)/C(C#N)=c1\s/c(=C/Nc2cccc(CN3CCC(C(F)(F)F)CC3)c2)c(=O)n1CC. The van der Waals surface area contributed by atoms with Crippen molar-refractivity contribution in [2.24, 2.45) is 5.92 Å². The maximum absolute atomic E-state index is 12.9. The van der Waals surface area contributed by atoms with Gasteiger partial charge in [-0.25, -0.2) is 0 Å². The molecule has 1 amide bonds. The highest BCUT2D eigenvalue weighted by Gasteiger charge is 2.40. The first-order valence-corrected chi connectivity index (χ1v) is 12.2. The highest BCUT2D eigenvalue weighted by Crippen LogP contribution is 2.34. The number of carbonyl (C=O) groups excluding carboxylic acids is 1. The van der Waals surface area contributed by atoms with Gasteiger partial charge >= 0.3 is 6.18 Å². The number of nitrogens with zero attached hydrogens (tertiary/aromatic N) is 3. The summed E-state index contributed by atoms with van der Waals surface area (Å²) in [4.78, 5) is 27.2. The van der Waals surface area contributed by atoms with E-state index in [-0.39, 0.29) is 41.7 Å². The summed E-state index contributed by atoms with van der Waals surface area (Å²) in [5, 5.41) is 15.0. The Kier molecular flexibility index (Phi) is 8.97. The molecule has 3 rings (SSSR count). The van der Waals surface area contributed by atoms with Crippen LogP contribution in [0.3, 0.4) is 0 Å². The van der Waals surface area contributed by atoms with E-state index in [1.807, 2.05) is 35.2 Å². The van der Waals surface area contributed by atoms with Gasteiger partial charge in [0.15, 0.2) is 5.57 Å². The van der Waals surface area contributed by atoms with Gasteiger partial charge in [0.05, 0.1) is 12.5 Å². The van der Waals surface area contributed by atoms with Crippen LogP contribution in [0.5, 0.6) is 0 Å². The Bertz CT molecular complexity index is 1360. The second-order valence-corrected chi connectivity index (χ2v) is 9.31. The maximum atomic E-state index is 12.9. The number of nitriles is 1. The Morgan fingerprint density at radius 3 is 2.67 bits per heavy atom. The number of halogens is 3. The molecule has 2 heterocycles. The molecule has 7 nitrogen and oxygen atoms in total. The average Bonchev–Trinajstić information content (AvgIpc) is 3.16. The Labute approximate surface area is 210 Å². The van der Waals surface area contributed by atoms with Gasteiger partial charge in [0, 0.05) is 25.0 Å². The third-order valence-electron chi connectivity index (χ3n) is 5.88. The molecule has 1 aliphatic heterocycles. The Balaban J connectivity index is 1.79. The molecule has 2 N–H and O–H groups in total. The number of anilines is 1. The first kappa shape index (κ1) is 27.1. The minimum absolute atomic E-state index is 0.0387. The lowest BCUT2D eigenvalue weighted by Gasteiger charge is -2.32. The first-order chi connectivity index (χ1) is 17.2. The Morgan fingerprint density at radius 1 is 1.33 bits per heavy atom. The number of aromatic nitrogens is 1. The molecule has 1 aliphatic rings. The summed E-state index contributed by atoms with van der Waals surface area (Å²) in [6, 6.07) is 9.27. The number of benzene rings is 1. The van der Waals surface area contributed by atoms with Crippen LogP contribution in [0.2, 0.25) is 0 Å². The maximum Gasteiger partial charge on any atom is 0.391 e. The lowest BCUT2D eigenvalue weighted by Crippen LogP contribution is -2.38. The molecule has 0 aliphatic carbocycles. The van der Waals surface area contributed by atoms with Crippen LogP contribution >= 0.6 is 11.3 Å². The van der Waals surface area contributed by atoms with Crippen molar-refractivity contribution in [2.75, 3.05) is 25.0 Å². The van der Waals surface area contributed by atoms with Crippen molar-refractivity contribution < 1.29 is 18.0 Å². The largest absolute Gasteiger partial charge is 0.391 e. The molecular formula is C25H26F3N5O2S. The summed E-state index contributed by atoms with van der Waals surface area (Å²) in [5.41, 5.74) is 1.10. The predicted molar refractivity (Wildman–Crippen MR) is 133 cm³/mol. The summed E-state index contributed by atoms with van der Waals surface area (Å²) in [5.74, 6) is 0.384. The molecule has 1 aromatic heterocycles. The number of rotatable bonds is 7. The van der Waals surface area contributed by atoms with Gasteiger partial charge in [-0.2, -0.15) is 18.4 Å². The van der Waals surface area contributed by atoms with Crippen molar-refractivity contribution >= 4 is 34.7 Å². The van der Waals surface area contributed by atoms with E-state index < -0.39 is 18.0 Å². The molecule has 36 heavy (non-hydrogen) atoms. The number of nitrogens with one attached hydrogen (secondary N) is 2. The standard InChI is InChI=1S/C25H26F3N5O2S/c1-3-10-30-22(34)20(14-29)24-33(4-2)23(35)21(36-24)15-31-19-7-5-6-17(13-19)16-32-11-8-18(9-12-32)25(26,27)28/h1,5-7,13,15,18,31H,4,8-12,16H2,2H3,(H,30,34)/b21-15+,24-20-. The fraction of sp³-hybridized carbons (Fsp3) is 0.400. The van der Waals surface area contributed by atoms with Gasteiger partial charge in [0.25, 0.3) is 11.5 Å². The minimum atomic E-state index is -4.14. The molecular weight excluding hydrogens is 491 g/mol. The van der Waals surface area contributed by atoms with Crippen molar-refractivity contribution in [2.45, 2.75) is 39.0 Å². The quantitative estimate of drug-likeness (QED) is 0.549. The van der Waals surface area contributed by atoms with Crippen LogP contribution in [-0.4, -0.2) is 41.2 Å². The highest BCUT2D eigenvalue weighted by atomic mass is 32.1. The molecule has 190 valence electrons. The van der Waals surface area contributed by atoms with Crippen molar-refractivity contribution in [3.8, 4) is 18.4 Å². The Morgan fingerprint density at radius 2 is 2.06 bits per heavy atom. The van der Waals surface area contributed by atoms with Crippen LogP contribution in [0.25, 0.3) is 11.8 Å². The molecule has 0 radical (unpaired) electrons. The van der Waals surface area contributed by atoms with Crippen LogP contribution in [0.1, 0.15) is 25.3 Å². The van der Waals surface area contributed by atoms with Crippen LogP contribution in [-0.2, 0) is 17.9 Å². The number of hydrogen-bond donors (Lipinski definition) is 2. The zero-order valence-electron chi connectivity index (χ0n) is 19.7. The number of likely N-dealkylation sites (tertiary alicyclic amines) is 1. The Hall–Kier alpha value is -3.54. The second-order valence-electron chi connectivity index (χ2n) is 8.28. The predicted octanol–water partition coefficient (Wildman–Crippen LogP) is 1.98. The molecule has 0 bridgehead atoms. The molecule has 11 heteroatoms. The average molecular weight is 518 g/mol. The van der Waals surface area contributed by atoms with Crippen molar-refractivity contribution in [3.05, 3.63) is 49.4 Å². The van der Waals surface area contributed by atoms with Gasteiger partial charge in [-0.15, -0.1) is 17.8 Å². The minimum Gasteiger partial charge on any atom is -0.360 e. The zero-order chi connectivity index (χ0) is 26.3. The number of thiazole rings is 1. The molecule has 1 aromatic carbocycles. The van der Waals surface area contributed by atoms with Crippen molar-refractivity contribution in [1.29, 1.82) is 5.26 Å². The van der Waals surface area contributed by atoms with Crippen LogP contribution in [0.15, 0.2) is 29.1 Å². The zero-order valence-corrected chi connectivity index (χ0v) is 20.5. The fourth-order valence-corrected chi connectivity index (χ4v) is 5.08. The summed E-state index contributed by atoms with van der Waals surface area (Å²) >= 11 is 1.02. The number of piperidine rings is 1. The van der Waals surface area contributed by atoms with Gasteiger partial charge in [0.2, 0.25) is 0 Å². The van der Waals surface area contributed by atoms with Gasteiger partial charge in [-0.3, -0.25) is 19.1 Å². The smallest absolute Gasteiger partial charge is 0.360 e. The highest BCUT2D eigenvalue weighted by molar-refractivity contribution is 7.07. The molecule has 2 aromatic rings. The summed E-state index contributed by atoms with van der Waals surface area (Å²) in [6.45, 7) is 3.27. The molecule has 1 fully saturated rings. The van der Waals surface area contributed by atoms with Crippen LogP contribution in [0, 0.1) is 29.6 Å². The van der Waals surface area contributed by atoms with Gasteiger partial charge in [-0.1, -0.05) is 18.1 Å². The number of terminal acetylenes is 1. The lowest BCUT2D eigenvalue weighted by molar-refractivity contribution is -0.185. The molecule has 0 atom stereocenters. The number of alkyl halides is 3. The molecule has 1 saturated heterocycles. The van der Waals surface area contributed by atoms with Gasteiger partial charge in [-0.05, 0) is 50.6 Å². The molecule has 0 spiro atoms.